The molecule has 7 nitrogen and oxygen atoms in total. The Morgan fingerprint density at radius 1 is 1.30 bits per heavy atom. The quantitative estimate of drug-likeness (QED) is 0.518. The number of anilines is 1. The van der Waals surface area contributed by atoms with Gasteiger partial charge in [-0.25, -0.2) is 15.0 Å². The molecule has 0 aliphatic carbocycles. The van der Waals surface area contributed by atoms with E-state index in [1.807, 2.05) is 39.1 Å². The summed E-state index contributed by atoms with van der Waals surface area (Å²) in [5.41, 5.74) is 2.73. The molecule has 5 rings (SSSR count). The molecule has 8 heteroatoms. The van der Waals surface area contributed by atoms with Crippen molar-refractivity contribution >= 4 is 38.4 Å². The van der Waals surface area contributed by atoms with Crippen LogP contribution in [0.3, 0.4) is 0 Å². The van der Waals surface area contributed by atoms with E-state index >= 15 is 0 Å². The van der Waals surface area contributed by atoms with Gasteiger partial charge in [0.15, 0.2) is 11.6 Å². The number of aryl methyl sites for hydroxylation is 1. The Balaban J connectivity index is 1.81. The molecule has 0 saturated carbocycles. The number of pyridine rings is 1. The summed E-state index contributed by atoms with van der Waals surface area (Å²) in [6.07, 6.45) is 3.66. The molecule has 1 fully saturated rings. The fraction of sp³-hybridized carbons (Fsp3) is 0.409. The van der Waals surface area contributed by atoms with Crippen LogP contribution < -0.4 is 4.90 Å². The Hall–Kier alpha value is -2.55. The van der Waals surface area contributed by atoms with E-state index in [-0.39, 0.29) is 6.04 Å². The number of morpholine rings is 1. The Morgan fingerprint density at radius 3 is 2.90 bits per heavy atom. The van der Waals surface area contributed by atoms with Crippen molar-refractivity contribution in [3.05, 3.63) is 35.0 Å². The van der Waals surface area contributed by atoms with Crippen LogP contribution in [0.5, 0.6) is 0 Å². The Bertz CT molecular complexity index is 1240. The SMILES string of the molecule is Cc1c(C(C)(C)O)sc2c(N3CCOC[C@H]3C)nc(-c3ccnc4[nH]ccc34)nc12. The molecule has 0 bridgehead atoms. The van der Waals surface area contributed by atoms with E-state index in [0.29, 0.717) is 19.0 Å². The first-order valence-electron chi connectivity index (χ1n) is 10.2. The first-order valence-corrected chi connectivity index (χ1v) is 11.0. The van der Waals surface area contributed by atoms with Gasteiger partial charge in [0.25, 0.3) is 0 Å². The van der Waals surface area contributed by atoms with Crippen LogP contribution >= 0.6 is 11.3 Å². The van der Waals surface area contributed by atoms with Gasteiger partial charge >= 0.3 is 0 Å². The fourth-order valence-electron chi connectivity index (χ4n) is 4.17. The molecule has 4 aromatic rings. The van der Waals surface area contributed by atoms with E-state index in [2.05, 4.69) is 21.8 Å². The van der Waals surface area contributed by atoms with Crippen molar-refractivity contribution in [2.75, 3.05) is 24.7 Å². The summed E-state index contributed by atoms with van der Waals surface area (Å²) in [6.45, 7) is 9.95. The number of aliphatic hydroxyl groups is 1. The molecular formula is C22H25N5O2S. The number of fused-ring (bicyclic) bond motifs is 2. The second-order valence-corrected chi connectivity index (χ2v) is 9.40. The van der Waals surface area contributed by atoms with Gasteiger partial charge in [-0.1, -0.05) is 0 Å². The summed E-state index contributed by atoms with van der Waals surface area (Å²) in [5, 5.41) is 11.7. The van der Waals surface area contributed by atoms with Gasteiger partial charge in [0, 0.05) is 34.8 Å². The van der Waals surface area contributed by atoms with Crippen LogP contribution in [0.4, 0.5) is 5.82 Å². The maximum Gasteiger partial charge on any atom is 0.163 e. The minimum absolute atomic E-state index is 0.211. The van der Waals surface area contributed by atoms with Crippen molar-refractivity contribution in [3.8, 4) is 11.4 Å². The number of nitrogens with zero attached hydrogens (tertiary/aromatic N) is 4. The molecular weight excluding hydrogens is 398 g/mol. The number of H-pyrrole nitrogens is 1. The van der Waals surface area contributed by atoms with Crippen LogP contribution in [0.2, 0.25) is 0 Å². The molecule has 1 atom stereocenters. The zero-order chi connectivity index (χ0) is 21.0. The fourth-order valence-corrected chi connectivity index (χ4v) is 5.42. The lowest BCUT2D eigenvalue weighted by Crippen LogP contribution is -2.44. The zero-order valence-electron chi connectivity index (χ0n) is 17.6. The first kappa shape index (κ1) is 19.4. The number of hydrogen-bond acceptors (Lipinski definition) is 7. The van der Waals surface area contributed by atoms with Gasteiger partial charge < -0.3 is 19.7 Å². The average Bonchev–Trinajstić information content (AvgIpc) is 3.32. The minimum atomic E-state index is -0.936. The smallest absolute Gasteiger partial charge is 0.163 e. The Morgan fingerprint density at radius 2 is 2.13 bits per heavy atom. The standard InChI is InChI=1S/C22H25N5O2S/c1-12-11-29-10-9-27(12)21-17-16(13(2)18(30-17)22(3,4)28)25-20(26-21)15-6-8-24-19-14(15)5-7-23-19/h5-8,12,28H,9-11H2,1-4H3,(H,23,24)/t12-/m1/s1. The number of aromatic amines is 1. The lowest BCUT2D eigenvalue weighted by Gasteiger charge is -2.34. The van der Waals surface area contributed by atoms with E-state index < -0.39 is 5.60 Å². The van der Waals surface area contributed by atoms with Gasteiger partial charge in [0.2, 0.25) is 0 Å². The van der Waals surface area contributed by atoms with Gasteiger partial charge in [-0.15, -0.1) is 11.3 Å². The molecule has 0 radical (unpaired) electrons. The molecule has 0 amide bonds. The molecule has 1 aliphatic rings. The molecule has 2 N–H and O–H groups in total. The predicted octanol–water partition coefficient (Wildman–Crippen LogP) is 4.00. The molecule has 1 aliphatic heterocycles. The van der Waals surface area contributed by atoms with Crippen molar-refractivity contribution in [2.45, 2.75) is 39.3 Å². The summed E-state index contributed by atoms with van der Waals surface area (Å²) >= 11 is 1.59. The summed E-state index contributed by atoms with van der Waals surface area (Å²) in [6, 6.07) is 4.18. The van der Waals surface area contributed by atoms with E-state index in [9.17, 15) is 5.11 Å². The molecule has 30 heavy (non-hydrogen) atoms. The average molecular weight is 424 g/mol. The summed E-state index contributed by atoms with van der Waals surface area (Å²) in [5.74, 6) is 1.58. The number of thiophene rings is 1. The summed E-state index contributed by atoms with van der Waals surface area (Å²) in [4.78, 5) is 20.8. The lowest BCUT2D eigenvalue weighted by molar-refractivity contribution is 0.0820. The van der Waals surface area contributed by atoms with Crippen LogP contribution in [0, 0.1) is 6.92 Å². The molecule has 156 valence electrons. The summed E-state index contributed by atoms with van der Waals surface area (Å²) < 4.78 is 6.67. The monoisotopic (exact) mass is 423 g/mol. The van der Waals surface area contributed by atoms with Crippen LogP contribution in [0.1, 0.15) is 31.2 Å². The van der Waals surface area contributed by atoms with Crippen LogP contribution in [-0.4, -0.2) is 50.8 Å². The van der Waals surface area contributed by atoms with Crippen molar-refractivity contribution in [3.63, 3.8) is 0 Å². The molecule has 4 aromatic heterocycles. The van der Waals surface area contributed by atoms with Crippen molar-refractivity contribution in [1.82, 2.24) is 19.9 Å². The second kappa shape index (κ2) is 7.01. The molecule has 0 unspecified atom stereocenters. The van der Waals surface area contributed by atoms with Crippen LogP contribution in [-0.2, 0) is 10.3 Å². The third-order valence-electron chi connectivity index (χ3n) is 5.64. The maximum absolute atomic E-state index is 10.7. The molecule has 5 heterocycles. The van der Waals surface area contributed by atoms with E-state index in [1.165, 1.54) is 0 Å². The Labute approximate surface area is 178 Å². The lowest BCUT2D eigenvalue weighted by atomic mass is 10.0. The third kappa shape index (κ3) is 3.07. The topological polar surface area (TPSA) is 87.2 Å². The van der Waals surface area contributed by atoms with Crippen molar-refractivity contribution in [1.29, 1.82) is 0 Å². The highest BCUT2D eigenvalue weighted by atomic mass is 32.1. The zero-order valence-corrected chi connectivity index (χ0v) is 18.4. The number of aromatic nitrogens is 4. The maximum atomic E-state index is 10.7. The van der Waals surface area contributed by atoms with Crippen molar-refractivity contribution < 1.29 is 9.84 Å². The highest BCUT2D eigenvalue weighted by molar-refractivity contribution is 7.20. The largest absolute Gasteiger partial charge is 0.385 e. The highest BCUT2D eigenvalue weighted by Gasteiger charge is 2.29. The van der Waals surface area contributed by atoms with Gasteiger partial charge in [-0.2, -0.15) is 0 Å². The Kier molecular flexibility index (Phi) is 4.53. The van der Waals surface area contributed by atoms with Crippen molar-refractivity contribution in [2.24, 2.45) is 0 Å². The van der Waals surface area contributed by atoms with Crippen LogP contribution in [0.15, 0.2) is 24.5 Å². The van der Waals surface area contributed by atoms with E-state index in [0.717, 1.165) is 49.6 Å². The first-order chi connectivity index (χ1) is 14.3. The minimum Gasteiger partial charge on any atom is -0.385 e. The van der Waals surface area contributed by atoms with Gasteiger partial charge in [-0.3, -0.25) is 0 Å². The molecule has 0 aromatic carbocycles. The number of rotatable bonds is 3. The second-order valence-electron chi connectivity index (χ2n) is 8.38. The van der Waals surface area contributed by atoms with E-state index in [1.54, 1.807) is 17.5 Å². The number of nitrogens with one attached hydrogen (secondary N) is 1. The van der Waals surface area contributed by atoms with Gasteiger partial charge in [0.05, 0.1) is 35.1 Å². The normalized spacial score (nSPS) is 17.9. The molecule has 0 spiro atoms. The molecule has 1 saturated heterocycles. The van der Waals surface area contributed by atoms with Gasteiger partial charge in [0.1, 0.15) is 5.65 Å². The van der Waals surface area contributed by atoms with E-state index in [4.69, 9.17) is 14.7 Å². The van der Waals surface area contributed by atoms with Gasteiger partial charge in [-0.05, 0) is 45.4 Å². The highest BCUT2D eigenvalue weighted by Crippen LogP contribution is 2.42. The van der Waals surface area contributed by atoms with Crippen LogP contribution in [0.25, 0.3) is 32.6 Å². The number of ether oxygens (including phenoxy) is 1. The predicted molar refractivity (Wildman–Crippen MR) is 120 cm³/mol. The number of hydrogen-bond donors (Lipinski definition) is 2. The summed E-state index contributed by atoms with van der Waals surface area (Å²) in [7, 11) is 0. The third-order valence-corrected chi connectivity index (χ3v) is 7.23.